The Morgan fingerprint density at radius 1 is 1.43 bits per heavy atom. The molecule has 0 aliphatic carbocycles. The number of hydrogen-bond acceptors (Lipinski definition) is 2. The van der Waals surface area contributed by atoms with Crippen LogP contribution in [0.25, 0.3) is 0 Å². The van der Waals surface area contributed by atoms with E-state index < -0.39 is 0 Å². The summed E-state index contributed by atoms with van der Waals surface area (Å²) in [6.07, 6.45) is 8.80. The minimum Gasteiger partial charge on any atom is -0.315 e. The third-order valence-corrected chi connectivity index (χ3v) is 2.71. The lowest BCUT2D eigenvalue weighted by molar-refractivity contribution is 0.283. The van der Waals surface area contributed by atoms with E-state index in [1.165, 1.54) is 32.5 Å². The first kappa shape index (κ1) is 11.6. The van der Waals surface area contributed by atoms with Gasteiger partial charge in [0, 0.05) is 19.5 Å². The van der Waals surface area contributed by atoms with E-state index in [4.69, 9.17) is 6.42 Å². The van der Waals surface area contributed by atoms with Gasteiger partial charge >= 0.3 is 0 Å². The van der Waals surface area contributed by atoms with Gasteiger partial charge in [0.1, 0.15) is 0 Å². The lowest BCUT2D eigenvalue weighted by Crippen LogP contribution is -2.31. The monoisotopic (exact) mass is 194 g/mol. The molecular formula is C12H22N2. The summed E-state index contributed by atoms with van der Waals surface area (Å²) in [5.41, 5.74) is 0. The highest BCUT2D eigenvalue weighted by Gasteiger charge is 2.13. The van der Waals surface area contributed by atoms with E-state index in [-0.39, 0.29) is 0 Å². The molecule has 2 nitrogen and oxygen atoms in total. The highest BCUT2D eigenvalue weighted by molar-refractivity contribution is 4.84. The van der Waals surface area contributed by atoms with Crippen LogP contribution in [-0.4, -0.2) is 37.6 Å². The minimum absolute atomic E-state index is 0.742. The number of rotatable bonds is 6. The molecule has 1 unspecified atom stereocenters. The first-order valence-corrected chi connectivity index (χ1v) is 5.69. The van der Waals surface area contributed by atoms with Crippen molar-refractivity contribution in [1.82, 2.24) is 10.2 Å². The molecule has 0 bridgehead atoms. The molecule has 1 fully saturated rings. The first-order valence-electron chi connectivity index (χ1n) is 5.69. The maximum Gasteiger partial charge on any atom is 0.0211 e. The maximum absolute atomic E-state index is 5.18. The average molecular weight is 194 g/mol. The molecular weight excluding hydrogens is 172 g/mol. The number of nitrogens with one attached hydrogen (secondary N) is 1. The zero-order valence-electron chi connectivity index (χ0n) is 9.26. The molecule has 80 valence electrons. The molecule has 1 N–H and O–H groups in total. The van der Waals surface area contributed by atoms with Crippen LogP contribution in [0.15, 0.2) is 0 Å². The second kappa shape index (κ2) is 6.86. The van der Waals surface area contributed by atoms with Crippen molar-refractivity contribution in [3.05, 3.63) is 0 Å². The minimum atomic E-state index is 0.742. The molecule has 1 atom stereocenters. The van der Waals surface area contributed by atoms with E-state index in [1.807, 2.05) is 0 Å². The second-order valence-electron chi connectivity index (χ2n) is 4.27. The van der Waals surface area contributed by atoms with Crippen LogP contribution in [0.4, 0.5) is 0 Å². The lowest BCUT2D eigenvalue weighted by atomic mass is 10.1. The molecule has 0 amide bonds. The normalized spacial score (nSPS) is 19.4. The van der Waals surface area contributed by atoms with Crippen molar-refractivity contribution in [2.45, 2.75) is 26.2 Å². The highest BCUT2D eigenvalue weighted by atomic mass is 15.1. The molecule has 1 saturated heterocycles. The van der Waals surface area contributed by atoms with Crippen LogP contribution in [0.1, 0.15) is 26.2 Å². The lowest BCUT2D eigenvalue weighted by Gasteiger charge is -2.20. The fourth-order valence-corrected chi connectivity index (χ4v) is 1.98. The molecule has 14 heavy (non-hydrogen) atoms. The van der Waals surface area contributed by atoms with Gasteiger partial charge in [-0.25, -0.2) is 0 Å². The smallest absolute Gasteiger partial charge is 0.0211 e. The molecule has 0 aromatic heterocycles. The summed E-state index contributed by atoms with van der Waals surface area (Å²) < 4.78 is 0. The predicted octanol–water partition coefficient (Wildman–Crippen LogP) is 1.33. The molecule has 1 rings (SSSR count). The second-order valence-corrected chi connectivity index (χ2v) is 4.27. The van der Waals surface area contributed by atoms with Crippen LogP contribution in [-0.2, 0) is 0 Å². The van der Waals surface area contributed by atoms with Crippen LogP contribution in [0.2, 0.25) is 0 Å². The van der Waals surface area contributed by atoms with Gasteiger partial charge in [0.2, 0.25) is 0 Å². The Labute approximate surface area is 88.1 Å². The number of nitrogens with zero attached hydrogens (tertiary/aromatic N) is 1. The molecule has 0 spiro atoms. The fraction of sp³-hybridized carbons (Fsp3) is 0.833. The van der Waals surface area contributed by atoms with E-state index >= 15 is 0 Å². The Bertz CT molecular complexity index is 177. The number of hydrogen-bond donors (Lipinski definition) is 1. The number of likely N-dealkylation sites (tertiary alicyclic amines) is 1. The Morgan fingerprint density at radius 3 is 2.79 bits per heavy atom. The summed E-state index contributed by atoms with van der Waals surface area (Å²) in [7, 11) is 0. The molecule has 0 saturated carbocycles. The van der Waals surface area contributed by atoms with Gasteiger partial charge in [-0.3, -0.25) is 0 Å². The van der Waals surface area contributed by atoms with E-state index in [0.717, 1.165) is 25.4 Å². The van der Waals surface area contributed by atoms with E-state index in [9.17, 15) is 0 Å². The molecule has 0 radical (unpaired) electrons. The highest BCUT2D eigenvalue weighted by Crippen LogP contribution is 2.09. The van der Waals surface area contributed by atoms with Crippen molar-refractivity contribution >= 4 is 0 Å². The number of terminal acetylenes is 1. The SMILES string of the molecule is C#CCCNCC(C)CN1CCCC1. The van der Waals surface area contributed by atoms with Gasteiger partial charge in [-0.1, -0.05) is 6.92 Å². The van der Waals surface area contributed by atoms with Crippen LogP contribution in [0, 0.1) is 18.3 Å². The van der Waals surface area contributed by atoms with Gasteiger partial charge in [-0.05, 0) is 38.4 Å². The summed E-state index contributed by atoms with van der Waals surface area (Å²) in [5.74, 6) is 3.38. The largest absolute Gasteiger partial charge is 0.315 e. The van der Waals surface area contributed by atoms with Crippen molar-refractivity contribution < 1.29 is 0 Å². The quantitative estimate of drug-likeness (QED) is 0.507. The van der Waals surface area contributed by atoms with Crippen molar-refractivity contribution in [3.8, 4) is 12.3 Å². The topological polar surface area (TPSA) is 15.3 Å². The van der Waals surface area contributed by atoms with Gasteiger partial charge in [-0.15, -0.1) is 12.3 Å². The molecule has 1 aliphatic heterocycles. The fourth-order valence-electron chi connectivity index (χ4n) is 1.98. The molecule has 1 heterocycles. The van der Waals surface area contributed by atoms with Gasteiger partial charge in [0.05, 0.1) is 0 Å². The Morgan fingerprint density at radius 2 is 2.14 bits per heavy atom. The Kier molecular flexibility index (Phi) is 5.66. The predicted molar refractivity (Wildman–Crippen MR) is 61.2 cm³/mol. The van der Waals surface area contributed by atoms with Crippen molar-refractivity contribution in [1.29, 1.82) is 0 Å². The van der Waals surface area contributed by atoms with Crippen LogP contribution >= 0.6 is 0 Å². The van der Waals surface area contributed by atoms with Crippen LogP contribution in [0.5, 0.6) is 0 Å². The zero-order chi connectivity index (χ0) is 10.2. The third kappa shape index (κ3) is 4.64. The Hall–Kier alpha value is -0.520. The Balaban J connectivity index is 1.98. The zero-order valence-corrected chi connectivity index (χ0v) is 9.26. The third-order valence-electron chi connectivity index (χ3n) is 2.71. The molecule has 0 aromatic rings. The summed E-state index contributed by atoms with van der Waals surface area (Å²) in [6, 6.07) is 0. The summed E-state index contributed by atoms with van der Waals surface area (Å²) in [4.78, 5) is 2.56. The van der Waals surface area contributed by atoms with E-state index in [2.05, 4.69) is 23.1 Å². The summed E-state index contributed by atoms with van der Waals surface area (Å²) in [5, 5.41) is 3.39. The first-order chi connectivity index (χ1) is 6.83. The average Bonchev–Trinajstić information content (AvgIpc) is 2.65. The van der Waals surface area contributed by atoms with Crippen molar-refractivity contribution in [2.75, 3.05) is 32.7 Å². The van der Waals surface area contributed by atoms with E-state index in [1.54, 1.807) is 0 Å². The molecule has 0 aromatic carbocycles. The van der Waals surface area contributed by atoms with E-state index in [0.29, 0.717) is 0 Å². The van der Waals surface area contributed by atoms with Crippen molar-refractivity contribution in [2.24, 2.45) is 5.92 Å². The van der Waals surface area contributed by atoms with Gasteiger partial charge in [-0.2, -0.15) is 0 Å². The van der Waals surface area contributed by atoms with Crippen LogP contribution < -0.4 is 5.32 Å². The van der Waals surface area contributed by atoms with Gasteiger partial charge < -0.3 is 10.2 Å². The summed E-state index contributed by atoms with van der Waals surface area (Å²) in [6.45, 7) is 8.20. The summed E-state index contributed by atoms with van der Waals surface area (Å²) >= 11 is 0. The standard InChI is InChI=1S/C12H22N2/c1-3-4-7-13-10-12(2)11-14-8-5-6-9-14/h1,12-13H,4-11H2,2H3. The van der Waals surface area contributed by atoms with Crippen LogP contribution in [0.3, 0.4) is 0 Å². The van der Waals surface area contributed by atoms with Gasteiger partial charge in [0.15, 0.2) is 0 Å². The van der Waals surface area contributed by atoms with Gasteiger partial charge in [0.25, 0.3) is 0 Å². The molecule has 1 aliphatic rings. The van der Waals surface area contributed by atoms with Crippen molar-refractivity contribution in [3.63, 3.8) is 0 Å². The maximum atomic E-state index is 5.18. The molecule has 2 heteroatoms.